The second kappa shape index (κ2) is 5.52. The monoisotopic (exact) mass is 378 g/mol. The molecule has 0 radical (unpaired) electrons. The van der Waals surface area contributed by atoms with Crippen LogP contribution < -0.4 is 0 Å². The Labute approximate surface area is 156 Å². The number of carbonyl (C=O) groups excluding carboxylic acids is 2. The molecule has 2 saturated carbocycles. The average Bonchev–Trinajstić information content (AvgIpc) is 3.08. The maximum absolute atomic E-state index is 13.4. The van der Waals surface area contributed by atoms with Gasteiger partial charge in [-0.25, -0.2) is 0 Å². The van der Waals surface area contributed by atoms with Crippen molar-refractivity contribution in [3.8, 4) is 0 Å². The van der Waals surface area contributed by atoms with Crippen molar-refractivity contribution in [3.63, 3.8) is 0 Å². The summed E-state index contributed by atoms with van der Waals surface area (Å²) in [5, 5.41) is 0.0816. The molecule has 1 saturated heterocycles. The van der Waals surface area contributed by atoms with Gasteiger partial charge in [0.05, 0.1) is 5.41 Å². The quantitative estimate of drug-likeness (QED) is 0.325. The third kappa shape index (κ3) is 2.41. The van der Waals surface area contributed by atoms with Crippen molar-refractivity contribution in [2.75, 3.05) is 6.61 Å². The minimum atomic E-state index is -2.00. The van der Waals surface area contributed by atoms with Crippen molar-refractivity contribution in [1.82, 2.24) is 0 Å². The lowest BCUT2D eigenvalue weighted by atomic mass is 9.59. The summed E-state index contributed by atoms with van der Waals surface area (Å²) < 4.78 is 17.9. The van der Waals surface area contributed by atoms with Crippen LogP contribution in [0, 0.1) is 23.2 Å². The number of fused-ring (bicyclic) bond motifs is 6. The highest BCUT2D eigenvalue weighted by Gasteiger charge is 2.74. The number of epoxide rings is 1. The molecule has 0 N–H and O–H groups in total. The van der Waals surface area contributed by atoms with Crippen molar-refractivity contribution in [2.24, 2.45) is 23.2 Å². The molecule has 6 heteroatoms. The van der Waals surface area contributed by atoms with E-state index >= 15 is 0 Å². The largest absolute Gasteiger partial charge is 0.459 e. The lowest BCUT2D eigenvalue weighted by Crippen LogP contribution is -2.59. The Morgan fingerprint density at radius 1 is 1.35 bits per heavy atom. The van der Waals surface area contributed by atoms with E-state index in [2.05, 4.69) is 46.0 Å². The van der Waals surface area contributed by atoms with Crippen LogP contribution >= 0.6 is 0 Å². The fraction of sp³-hybridized carbons (Fsp3) is 0.800. The predicted molar refractivity (Wildman–Crippen MR) is 99.0 cm³/mol. The summed E-state index contributed by atoms with van der Waals surface area (Å²) in [5.41, 5.74) is -0.604. The SMILES string of the molecule is CC(=O)O[C@@H]1[C@H]2O[C@H]2C(=O)[C@@]2(CO[Si](C)(C)C(C)(C)C)[C@@H]1[C@H]1C=C[C@@H]2C1. The summed E-state index contributed by atoms with van der Waals surface area (Å²) in [6.45, 7) is 12.9. The Kier molecular flexibility index (Phi) is 3.90. The maximum atomic E-state index is 13.4. The van der Waals surface area contributed by atoms with Crippen LogP contribution in [0.25, 0.3) is 0 Å². The highest BCUT2D eigenvalue weighted by Crippen LogP contribution is 2.64. The van der Waals surface area contributed by atoms with Crippen LogP contribution in [0.3, 0.4) is 0 Å². The van der Waals surface area contributed by atoms with Crippen molar-refractivity contribution < 1.29 is 23.5 Å². The van der Waals surface area contributed by atoms with Gasteiger partial charge in [0.15, 0.2) is 14.1 Å². The van der Waals surface area contributed by atoms with Gasteiger partial charge in [0.2, 0.25) is 0 Å². The van der Waals surface area contributed by atoms with Crippen molar-refractivity contribution >= 4 is 20.1 Å². The first kappa shape index (κ1) is 18.4. The summed E-state index contributed by atoms with van der Waals surface area (Å²) in [4.78, 5) is 25.1. The summed E-state index contributed by atoms with van der Waals surface area (Å²) >= 11 is 0. The Bertz CT molecular complexity index is 678. The van der Waals surface area contributed by atoms with Gasteiger partial charge in [-0.05, 0) is 36.4 Å². The normalized spacial score (nSPS) is 43.2. The molecule has 3 fully saturated rings. The van der Waals surface area contributed by atoms with E-state index in [9.17, 15) is 9.59 Å². The summed E-state index contributed by atoms with van der Waals surface area (Å²) in [7, 11) is -2.00. The Hall–Kier alpha value is -0.983. The van der Waals surface area contributed by atoms with E-state index in [4.69, 9.17) is 13.9 Å². The van der Waals surface area contributed by atoms with Gasteiger partial charge in [0.25, 0.3) is 0 Å². The van der Waals surface area contributed by atoms with E-state index in [0.29, 0.717) is 6.61 Å². The zero-order valence-corrected chi connectivity index (χ0v) is 17.6. The third-order valence-electron chi connectivity index (χ3n) is 7.53. The summed E-state index contributed by atoms with van der Waals surface area (Å²) in [5.74, 6) is 0.276. The molecular weight excluding hydrogens is 348 g/mol. The fourth-order valence-corrected chi connectivity index (χ4v) is 6.10. The molecule has 0 unspecified atom stereocenters. The van der Waals surface area contributed by atoms with Gasteiger partial charge in [-0.2, -0.15) is 0 Å². The van der Waals surface area contributed by atoms with Crippen LogP contribution in [0.2, 0.25) is 18.1 Å². The number of Topliss-reactive ketones (excluding diaryl/α,β-unsaturated/α-hetero) is 1. The van der Waals surface area contributed by atoms with Crippen molar-refractivity contribution in [1.29, 1.82) is 0 Å². The van der Waals surface area contributed by atoms with Crippen LogP contribution in [0.5, 0.6) is 0 Å². The zero-order valence-electron chi connectivity index (χ0n) is 16.6. The molecule has 0 aromatic carbocycles. The van der Waals surface area contributed by atoms with Gasteiger partial charge in [-0.1, -0.05) is 32.9 Å². The molecule has 0 aromatic heterocycles. The highest BCUT2D eigenvalue weighted by molar-refractivity contribution is 6.74. The molecule has 4 rings (SSSR count). The molecule has 0 aromatic rings. The number of carbonyl (C=O) groups is 2. The molecule has 0 amide bonds. The van der Waals surface area contributed by atoms with Crippen LogP contribution in [0.15, 0.2) is 12.2 Å². The van der Waals surface area contributed by atoms with Crippen molar-refractivity contribution in [3.05, 3.63) is 12.2 Å². The first-order valence-corrected chi connectivity index (χ1v) is 12.6. The lowest BCUT2D eigenvalue weighted by Gasteiger charge is -2.47. The minimum absolute atomic E-state index is 0.0255. The smallest absolute Gasteiger partial charge is 0.303 e. The van der Waals surface area contributed by atoms with Gasteiger partial charge < -0.3 is 13.9 Å². The Balaban J connectivity index is 1.68. The lowest BCUT2D eigenvalue weighted by molar-refractivity contribution is -0.162. The van der Waals surface area contributed by atoms with E-state index in [1.165, 1.54) is 6.92 Å². The Morgan fingerprint density at radius 3 is 2.65 bits per heavy atom. The van der Waals surface area contributed by atoms with Gasteiger partial charge in [0.1, 0.15) is 18.3 Å². The second-order valence-electron chi connectivity index (χ2n) is 9.97. The summed E-state index contributed by atoms with van der Waals surface area (Å²) in [6, 6.07) is 0. The van der Waals surface area contributed by atoms with Gasteiger partial charge in [0, 0.05) is 19.4 Å². The van der Waals surface area contributed by atoms with Crippen LogP contribution in [0.1, 0.15) is 34.1 Å². The third-order valence-corrected chi connectivity index (χ3v) is 12.0. The molecule has 0 spiro atoms. The van der Waals surface area contributed by atoms with E-state index in [1.54, 1.807) is 0 Å². The number of hydrogen-bond acceptors (Lipinski definition) is 5. The van der Waals surface area contributed by atoms with Gasteiger partial charge in [-0.15, -0.1) is 0 Å². The van der Waals surface area contributed by atoms with Crippen molar-refractivity contribution in [2.45, 2.75) is 70.6 Å². The first-order valence-electron chi connectivity index (χ1n) is 9.68. The predicted octanol–water partition coefficient (Wildman–Crippen LogP) is 3.10. The van der Waals surface area contributed by atoms with E-state index in [0.717, 1.165) is 6.42 Å². The van der Waals surface area contributed by atoms with E-state index in [-0.39, 0.29) is 46.8 Å². The topological polar surface area (TPSA) is 65.1 Å². The number of ether oxygens (including phenoxy) is 2. The van der Waals surface area contributed by atoms with E-state index < -0.39 is 19.8 Å². The second-order valence-corrected chi connectivity index (χ2v) is 14.8. The fourth-order valence-electron chi connectivity index (χ4n) is 5.07. The molecule has 4 aliphatic rings. The molecular formula is C20H30O5Si. The molecule has 3 aliphatic carbocycles. The number of esters is 1. The standard InChI is InChI=1S/C20H30O5Si/c1-11(21)24-15-14-12-7-8-13(9-12)20(14,18(22)17-16(15)25-17)10-23-26(5,6)19(2,3)4/h7-8,12-17H,9-10H2,1-6H3/t12-,13+,14+,15-,16+,17+,20+/m0/s1. The average molecular weight is 379 g/mol. The number of allylic oxidation sites excluding steroid dienone is 2. The van der Waals surface area contributed by atoms with Crippen LogP contribution in [-0.2, 0) is 23.5 Å². The number of hydrogen-bond donors (Lipinski definition) is 0. The Morgan fingerprint density at radius 2 is 2.04 bits per heavy atom. The highest BCUT2D eigenvalue weighted by atomic mass is 28.4. The maximum Gasteiger partial charge on any atom is 0.303 e. The van der Waals surface area contributed by atoms with Gasteiger partial charge >= 0.3 is 5.97 Å². The first-order chi connectivity index (χ1) is 12.0. The summed E-state index contributed by atoms with van der Waals surface area (Å²) in [6.07, 6.45) is 4.32. The molecule has 1 aliphatic heterocycles. The van der Waals surface area contributed by atoms with Crippen LogP contribution in [-0.4, -0.2) is 45.0 Å². The minimum Gasteiger partial charge on any atom is -0.459 e. The number of ketones is 1. The molecule has 2 bridgehead atoms. The van der Waals surface area contributed by atoms with Gasteiger partial charge in [-0.3, -0.25) is 9.59 Å². The molecule has 1 heterocycles. The molecule has 7 atom stereocenters. The van der Waals surface area contributed by atoms with E-state index in [1.807, 2.05) is 0 Å². The molecule has 144 valence electrons. The molecule has 26 heavy (non-hydrogen) atoms. The van der Waals surface area contributed by atoms with Crippen LogP contribution in [0.4, 0.5) is 0 Å². The zero-order chi connectivity index (χ0) is 19.1. The molecule has 5 nitrogen and oxygen atoms in total. The number of rotatable bonds is 4.